The summed E-state index contributed by atoms with van der Waals surface area (Å²) in [6.45, 7) is 1.87. The number of benzene rings is 2. The molecule has 0 aliphatic rings. The molecule has 0 fully saturated rings. The van der Waals surface area contributed by atoms with Crippen LogP contribution in [0.1, 0.15) is 11.3 Å². The van der Waals surface area contributed by atoms with E-state index in [2.05, 4.69) is 4.98 Å². The number of fused-ring (bicyclic) bond motifs is 2. The zero-order valence-corrected chi connectivity index (χ0v) is 19.7. The minimum Gasteiger partial charge on any atom is -0.269 e. The van der Waals surface area contributed by atoms with Crippen molar-refractivity contribution in [1.29, 1.82) is 0 Å². The summed E-state index contributed by atoms with van der Waals surface area (Å²) in [6, 6.07) is 17.5. The van der Waals surface area contributed by atoms with E-state index in [0.29, 0.717) is 48.9 Å². The topological polar surface area (TPSA) is 69.3 Å². The van der Waals surface area contributed by atoms with Crippen LogP contribution in [0.25, 0.3) is 22.2 Å². The normalized spacial score (nSPS) is 11.4. The second kappa shape index (κ2) is 8.67. The molecule has 0 aliphatic carbocycles. The fourth-order valence-electron chi connectivity index (χ4n) is 3.60. The number of halogens is 2. The van der Waals surface area contributed by atoms with Gasteiger partial charge >= 0.3 is 0 Å². The van der Waals surface area contributed by atoms with Crippen molar-refractivity contribution in [1.82, 2.24) is 18.9 Å². The number of para-hydroxylation sites is 1. The molecule has 0 radical (unpaired) electrons. The van der Waals surface area contributed by atoms with Gasteiger partial charge in [0.05, 0.1) is 27.3 Å². The fraction of sp³-hybridized carbons (Fsp3) is 0.0833. The van der Waals surface area contributed by atoms with Crippen molar-refractivity contribution in [2.45, 2.75) is 17.8 Å². The van der Waals surface area contributed by atoms with Crippen LogP contribution in [0.2, 0.25) is 10.0 Å². The Labute approximate surface area is 202 Å². The van der Waals surface area contributed by atoms with Gasteiger partial charge in [0, 0.05) is 23.0 Å². The first kappa shape index (κ1) is 21.7. The Morgan fingerprint density at radius 2 is 1.79 bits per heavy atom. The van der Waals surface area contributed by atoms with Crippen LogP contribution in [0, 0.1) is 6.92 Å². The average molecular weight is 495 g/mol. The third-order valence-corrected chi connectivity index (χ3v) is 6.86. The van der Waals surface area contributed by atoms with E-state index in [1.807, 2.05) is 25.1 Å². The lowest BCUT2D eigenvalue weighted by Gasteiger charge is -2.15. The molecule has 0 bridgehead atoms. The maximum atomic E-state index is 13.5. The molecule has 5 aromatic rings. The second-order valence-electron chi connectivity index (χ2n) is 7.39. The van der Waals surface area contributed by atoms with E-state index in [4.69, 9.17) is 28.2 Å². The molecule has 0 saturated carbocycles. The zero-order valence-electron chi connectivity index (χ0n) is 17.3. The number of rotatable bonds is 4. The molecule has 3 heterocycles. The summed E-state index contributed by atoms with van der Waals surface area (Å²) in [7, 11) is 0. The molecular formula is C24H16Cl2N4O2S. The average Bonchev–Trinajstić information content (AvgIpc) is 2.81. The van der Waals surface area contributed by atoms with Gasteiger partial charge < -0.3 is 0 Å². The zero-order chi connectivity index (χ0) is 23.1. The molecule has 5 rings (SSSR count). The lowest BCUT2D eigenvalue weighted by Crippen LogP contribution is -2.22. The lowest BCUT2D eigenvalue weighted by atomic mass is 10.2. The number of thioether (sulfide) groups is 1. The third kappa shape index (κ3) is 4.04. The molecule has 3 aromatic heterocycles. The minimum atomic E-state index is -0.229. The largest absolute Gasteiger partial charge is 0.269 e. The van der Waals surface area contributed by atoms with Crippen molar-refractivity contribution in [2.24, 2.45) is 0 Å². The summed E-state index contributed by atoms with van der Waals surface area (Å²) < 4.78 is 2.97. The summed E-state index contributed by atoms with van der Waals surface area (Å²) in [6.07, 6.45) is 1.54. The maximum Gasteiger partial charge on any atom is 0.266 e. The molecule has 0 spiro atoms. The number of aromatic nitrogens is 4. The van der Waals surface area contributed by atoms with Crippen molar-refractivity contribution in [3.63, 3.8) is 0 Å². The van der Waals surface area contributed by atoms with Gasteiger partial charge in [0.25, 0.3) is 11.1 Å². The van der Waals surface area contributed by atoms with Crippen molar-refractivity contribution >= 4 is 51.5 Å². The SMILES string of the molecule is Cc1c(Cl)cccc1-n1c(SCc2cc(=O)n3cc(Cl)ccc3n2)nc2ccccc2c1=O. The van der Waals surface area contributed by atoms with Gasteiger partial charge in [-0.15, -0.1) is 0 Å². The molecule has 0 atom stereocenters. The van der Waals surface area contributed by atoms with Gasteiger partial charge in [-0.1, -0.05) is 53.2 Å². The van der Waals surface area contributed by atoms with Crippen molar-refractivity contribution in [2.75, 3.05) is 0 Å². The predicted molar refractivity (Wildman–Crippen MR) is 133 cm³/mol. The predicted octanol–water partition coefficient (Wildman–Crippen LogP) is 5.30. The first-order valence-corrected chi connectivity index (χ1v) is 11.7. The van der Waals surface area contributed by atoms with E-state index >= 15 is 0 Å². The Balaban J connectivity index is 1.63. The van der Waals surface area contributed by atoms with Gasteiger partial charge in [-0.3, -0.25) is 18.6 Å². The Morgan fingerprint density at radius 3 is 2.64 bits per heavy atom. The lowest BCUT2D eigenvalue weighted by molar-refractivity contribution is 0.814. The summed E-state index contributed by atoms with van der Waals surface area (Å²) in [5, 5.41) is 2.02. The Hall–Kier alpha value is -3.13. The van der Waals surface area contributed by atoms with E-state index < -0.39 is 0 Å². The van der Waals surface area contributed by atoms with E-state index in [9.17, 15) is 9.59 Å². The quantitative estimate of drug-likeness (QED) is 0.250. The molecule has 0 unspecified atom stereocenters. The number of hydrogen-bond donors (Lipinski definition) is 0. The molecule has 0 N–H and O–H groups in total. The van der Waals surface area contributed by atoms with E-state index in [1.165, 1.54) is 28.4 Å². The molecule has 2 aromatic carbocycles. The van der Waals surface area contributed by atoms with Gasteiger partial charge in [0.15, 0.2) is 5.16 Å². The van der Waals surface area contributed by atoms with Gasteiger partial charge in [-0.25, -0.2) is 9.97 Å². The van der Waals surface area contributed by atoms with Crippen molar-refractivity contribution in [3.8, 4) is 5.69 Å². The Bertz CT molecular complexity index is 1660. The fourth-order valence-corrected chi connectivity index (χ4v) is 4.83. The molecule has 33 heavy (non-hydrogen) atoms. The highest BCUT2D eigenvalue weighted by Gasteiger charge is 2.16. The van der Waals surface area contributed by atoms with E-state index in [1.54, 1.807) is 41.0 Å². The van der Waals surface area contributed by atoms with Crippen LogP contribution in [-0.2, 0) is 5.75 Å². The monoisotopic (exact) mass is 494 g/mol. The summed E-state index contributed by atoms with van der Waals surface area (Å²) >= 11 is 13.7. The standard InChI is InChI=1S/C24H16Cl2N4O2S/c1-14-18(26)6-4-8-20(14)30-23(32)17-5-2-3-7-19(17)28-24(30)33-13-16-11-22(31)29-12-15(25)9-10-21(29)27-16/h2-12H,13H2,1H3. The molecule has 0 amide bonds. The van der Waals surface area contributed by atoms with E-state index in [0.717, 1.165) is 5.56 Å². The summed E-state index contributed by atoms with van der Waals surface area (Å²) in [5.41, 5.74) is 2.69. The van der Waals surface area contributed by atoms with Crippen LogP contribution in [0.5, 0.6) is 0 Å². The first-order chi connectivity index (χ1) is 15.9. The minimum absolute atomic E-state index is 0.186. The van der Waals surface area contributed by atoms with Gasteiger partial charge in [-0.05, 0) is 48.9 Å². The van der Waals surface area contributed by atoms with Crippen LogP contribution in [-0.4, -0.2) is 18.9 Å². The molecule has 164 valence electrons. The van der Waals surface area contributed by atoms with Crippen LogP contribution < -0.4 is 11.1 Å². The smallest absolute Gasteiger partial charge is 0.266 e. The second-order valence-corrected chi connectivity index (χ2v) is 9.17. The molecule has 6 nitrogen and oxygen atoms in total. The van der Waals surface area contributed by atoms with Crippen LogP contribution in [0.15, 0.2) is 81.6 Å². The molecular weight excluding hydrogens is 479 g/mol. The highest BCUT2D eigenvalue weighted by Crippen LogP contribution is 2.28. The number of hydrogen-bond acceptors (Lipinski definition) is 5. The molecule has 0 saturated heterocycles. The molecule has 0 aliphatic heterocycles. The van der Waals surface area contributed by atoms with Crippen LogP contribution in [0.3, 0.4) is 0 Å². The Kier molecular flexibility index (Phi) is 5.70. The highest BCUT2D eigenvalue weighted by atomic mass is 35.5. The van der Waals surface area contributed by atoms with Crippen LogP contribution >= 0.6 is 35.0 Å². The first-order valence-electron chi connectivity index (χ1n) is 10.0. The highest BCUT2D eigenvalue weighted by molar-refractivity contribution is 7.98. The van der Waals surface area contributed by atoms with Gasteiger partial charge in [-0.2, -0.15) is 0 Å². The molecule has 9 heteroatoms. The summed E-state index contributed by atoms with van der Waals surface area (Å²) in [5.74, 6) is 0.346. The maximum absolute atomic E-state index is 13.5. The van der Waals surface area contributed by atoms with Gasteiger partial charge in [0.2, 0.25) is 0 Å². The van der Waals surface area contributed by atoms with Gasteiger partial charge in [0.1, 0.15) is 5.65 Å². The third-order valence-electron chi connectivity index (χ3n) is 5.25. The number of nitrogens with zero attached hydrogens (tertiary/aromatic N) is 4. The number of pyridine rings is 1. The van der Waals surface area contributed by atoms with Crippen molar-refractivity contribution in [3.05, 3.63) is 109 Å². The van der Waals surface area contributed by atoms with Crippen molar-refractivity contribution < 1.29 is 0 Å². The Morgan fingerprint density at radius 1 is 0.970 bits per heavy atom. The summed E-state index contributed by atoms with van der Waals surface area (Å²) in [4.78, 5) is 35.3. The van der Waals surface area contributed by atoms with Crippen LogP contribution in [0.4, 0.5) is 0 Å². The van der Waals surface area contributed by atoms with E-state index in [-0.39, 0.29) is 11.1 Å².